The number of ether oxygens (including phenoxy) is 10. The van der Waals surface area contributed by atoms with E-state index in [9.17, 15) is 47.9 Å². The van der Waals surface area contributed by atoms with Crippen molar-refractivity contribution in [1.29, 1.82) is 0 Å². The Morgan fingerprint density at radius 2 is 0.679 bits per heavy atom. The minimum atomic E-state index is -5.16. The molecule has 10 atom stereocenters. The zero-order chi connectivity index (χ0) is 55.2. The number of carbonyl (C=O) groups is 7. The molecule has 0 radical (unpaired) electrons. The number of rotatable bonds is 19. The van der Waals surface area contributed by atoms with Gasteiger partial charge in [0.2, 0.25) is 0 Å². The van der Waals surface area contributed by atoms with Crippen LogP contribution in [0.25, 0.3) is 0 Å². The average molecular weight is 1090 g/mol. The van der Waals surface area contributed by atoms with Crippen LogP contribution in [0.5, 0.6) is 0 Å². The lowest BCUT2D eigenvalue weighted by atomic mass is 9.93. The predicted octanol–water partition coefficient (Wildman–Crippen LogP) is 6.59. The highest BCUT2D eigenvalue weighted by Gasteiger charge is 2.58. The summed E-state index contributed by atoms with van der Waals surface area (Å²) >= 11 is 0. The quantitative estimate of drug-likeness (QED) is 0.0492. The number of hydrogen-bond acceptors (Lipinski definition) is 18. The van der Waals surface area contributed by atoms with Crippen LogP contribution in [-0.2, 0) is 56.7 Å². The molecular formula is C57H51O20P. The van der Waals surface area contributed by atoms with E-state index in [0.29, 0.717) is 0 Å². The van der Waals surface area contributed by atoms with Gasteiger partial charge in [0.15, 0.2) is 36.8 Å². The maximum absolute atomic E-state index is 14.4. The third-order valence-electron chi connectivity index (χ3n) is 12.1. The molecule has 20 nitrogen and oxygen atoms in total. The normalized spacial score (nSPS) is 22.8. The first kappa shape index (κ1) is 55.9. The minimum Gasteiger partial charge on any atom is -0.463 e. The summed E-state index contributed by atoms with van der Waals surface area (Å²) in [4.78, 5) is 119. The zero-order valence-electron chi connectivity index (χ0n) is 41.4. The van der Waals surface area contributed by atoms with Crippen molar-refractivity contribution in [3.63, 3.8) is 0 Å². The topological polar surface area (TPSA) is 269 Å². The van der Waals surface area contributed by atoms with Crippen molar-refractivity contribution >= 4 is 49.4 Å². The van der Waals surface area contributed by atoms with Crippen LogP contribution < -0.4 is 0 Å². The Morgan fingerprint density at radius 1 is 0.385 bits per heavy atom. The summed E-state index contributed by atoms with van der Waals surface area (Å²) in [6.07, 6.45) is -20.3. The highest BCUT2D eigenvalue weighted by atomic mass is 31.2. The van der Waals surface area contributed by atoms with Crippen LogP contribution in [0.1, 0.15) is 69.1 Å². The van der Waals surface area contributed by atoms with Crippen LogP contribution in [0.4, 0.5) is 0 Å². The van der Waals surface area contributed by atoms with Gasteiger partial charge in [0.05, 0.1) is 39.5 Å². The van der Waals surface area contributed by atoms with Gasteiger partial charge in [-0.3, -0.25) is 9.36 Å². The van der Waals surface area contributed by atoms with Gasteiger partial charge in [-0.1, -0.05) is 109 Å². The molecule has 2 N–H and O–H groups in total. The van der Waals surface area contributed by atoms with Crippen molar-refractivity contribution in [3.05, 3.63) is 215 Å². The third kappa shape index (κ3) is 14.8. The Kier molecular flexibility index (Phi) is 18.7. The average Bonchev–Trinajstić information content (AvgIpc) is 3.50. The first-order valence-electron chi connectivity index (χ1n) is 24.3. The molecule has 2 aliphatic rings. The van der Waals surface area contributed by atoms with Crippen LogP contribution in [0.15, 0.2) is 182 Å². The van der Waals surface area contributed by atoms with Gasteiger partial charge in [0, 0.05) is 6.92 Å². The lowest BCUT2D eigenvalue weighted by molar-refractivity contribution is -0.338. The molecular weight excluding hydrogens is 1040 g/mol. The van der Waals surface area contributed by atoms with Gasteiger partial charge in [-0.2, -0.15) is 0 Å². The fourth-order valence-corrected chi connectivity index (χ4v) is 9.23. The molecule has 0 aromatic heterocycles. The van der Waals surface area contributed by atoms with E-state index in [4.69, 9.17) is 47.4 Å². The summed E-state index contributed by atoms with van der Waals surface area (Å²) in [6.45, 7) is -0.499. The van der Waals surface area contributed by atoms with Gasteiger partial charge < -0.3 is 57.2 Å². The molecule has 404 valence electrons. The Bertz CT molecular complexity index is 3050. The second kappa shape index (κ2) is 26.1. The van der Waals surface area contributed by atoms with E-state index in [1.165, 1.54) is 109 Å². The number of hydrogen-bond donors (Lipinski definition) is 2. The van der Waals surface area contributed by atoms with Crippen LogP contribution in [0, 0.1) is 0 Å². The van der Waals surface area contributed by atoms with Gasteiger partial charge >= 0.3 is 49.4 Å². The van der Waals surface area contributed by atoms with Crippen molar-refractivity contribution < 1.29 is 95.3 Å². The first-order valence-corrected chi connectivity index (χ1v) is 26.1. The van der Waals surface area contributed by atoms with Crippen molar-refractivity contribution in [2.75, 3.05) is 19.4 Å². The first-order chi connectivity index (χ1) is 37.6. The minimum absolute atomic E-state index is 0.0179. The van der Waals surface area contributed by atoms with Crippen LogP contribution in [0.2, 0.25) is 0 Å². The van der Waals surface area contributed by atoms with Crippen molar-refractivity contribution in [3.8, 4) is 0 Å². The van der Waals surface area contributed by atoms with E-state index < -0.39 is 130 Å². The standard InChI is InChI=1S/C57H51O20P/c1-35(58)68-32-43-45(72-52(60)37-22-10-3-11-23-37)49(75-55(63)40-28-16-6-17-29-40)50(76-56(64)41-30-18-7-19-31-41)57(71-43)77-46-42(33-69-51(59)36-20-8-2-9-21-36)70-44(34-78(65,66)67)47(73-53(61)38-24-12-4-13-25-38)48(46)74-54(62)39-26-14-5-15-27-39/h2-31,42-50,57H,32-34H2,1H3,(H2,65,66,67)/t42-,43-,44-,45+,46-,47-,48+,49+,50-,57+/m1/s1. The molecule has 0 amide bonds. The Morgan fingerprint density at radius 3 is 1.04 bits per heavy atom. The predicted molar refractivity (Wildman–Crippen MR) is 271 cm³/mol. The van der Waals surface area contributed by atoms with Crippen molar-refractivity contribution in [2.24, 2.45) is 0 Å². The smallest absolute Gasteiger partial charge is 0.338 e. The summed E-state index contributed by atoms with van der Waals surface area (Å²) < 4.78 is 74.7. The van der Waals surface area contributed by atoms with E-state index >= 15 is 0 Å². The summed E-state index contributed by atoms with van der Waals surface area (Å²) in [5.74, 6) is -7.01. The molecule has 0 spiro atoms. The number of carbonyl (C=O) groups excluding carboxylic acids is 7. The van der Waals surface area contributed by atoms with E-state index in [1.807, 2.05) is 0 Å². The fourth-order valence-electron chi connectivity index (χ4n) is 8.47. The summed E-state index contributed by atoms with van der Waals surface area (Å²) in [5, 5.41) is 0. The van der Waals surface area contributed by atoms with Crippen LogP contribution >= 0.6 is 7.60 Å². The molecule has 2 fully saturated rings. The molecule has 0 aliphatic carbocycles. The maximum Gasteiger partial charge on any atom is 0.338 e. The van der Waals surface area contributed by atoms with Crippen molar-refractivity contribution in [1.82, 2.24) is 0 Å². The highest BCUT2D eigenvalue weighted by molar-refractivity contribution is 7.51. The number of benzene rings is 6. The molecule has 2 heterocycles. The molecule has 6 aromatic rings. The van der Waals surface area contributed by atoms with Crippen LogP contribution in [0.3, 0.4) is 0 Å². The molecule has 78 heavy (non-hydrogen) atoms. The van der Waals surface area contributed by atoms with E-state index in [1.54, 1.807) is 72.8 Å². The lowest BCUT2D eigenvalue weighted by Gasteiger charge is -2.49. The molecule has 2 saturated heterocycles. The maximum atomic E-state index is 14.4. The van der Waals surface area contributed by atoms with Gasteiger partial charge in [-0.25, -0.2) is 28.8 Å². The molecule has 0 saturated carbocycles. The summed E-state index contributed by atoms with van der Waals surface area (Å²) in [6, 6.07) is 45.2. The van der Waals surface area contributed by atoms with Gasteiger partial charge in [0.25, 0.3) is 0 Å². The van der Waals surface area contributed by atoms with E-state index in [2.05, 4.69) is 0 Å². The van der Waals surface area contributed by atoms with Gasteiger partial charge in [0.1, 0.15) is 37.6 Å². The highest BCUT2D eigenvalue weighted by Crippen LogP contribution is 2.42. The molecule has 21 heteroatoms. The Hall–Kier alpha value is -8.36. The summed E-state index contributed by atoms with van der Waals surface area (Å²) in [7, 11) is -5.16. The Balaban J connectivity index is 1.30. The number of esters is 7. The van der Waals surface area contributed by atoms with Gasteiger partial charge in [-0.05, 0) is 72.8 Å². The largest absolute Gasteiger partial charge is 0.463 e. The van der Waals surface area contributed by atoms with Gasteiger partial charge in [-0.15, -0.1) is 0 Å². The Labute approximate surface area is 446 Å². The molecule has 6 aromatic carbocycles. The monoisotopic (exact) mass is 1090 g/mol. The fraction of sp³-hybridized carbons (Fsp3) is 0.246. The van der Waals surface area contributed by atoms with E-state index in [0.717, 1.165) is 6.92 Å². The lowest BCUT2D eigenvalue weighted by Crippen LogP contribution is -2.67. The zero-order valence-corrected chi connectivity index (χ0v) is 42.3. The summed E-state index contributed by atoms with van der Waals surface area (Å²) in [5.41, 5.74) is -0.0888. The molecule has 0 unspecified atom stereocenters. The van der Waals surface area contributed by atoms with Crippen LogP contribution in [-0.4, -0.2) is 132 Å². The third-order valence-corrected chi connectivity index (χ3v) is 13.0. The molecule has 0 bridgehead atoms. The molecule has 8 rings (SSSR count). The van der Waals surface area contributed by atoms with E-state index in [-0.39, 0.29) is 33.4 Å². The second-order valence-corrected chi connectivity index (χ2v) is 19.3. The second-order valence-electron chi connectivity index (χ2n) is 17.7. The van der Waals surface area contributed by atoms with Crippen molar-refractivity contribution in [2.45, 2.75) is 68.1 Å². The SMILES string of the molecule is CC(=O)OC[C@H]1O[C@@H](O[C@H]2[C@H](OC(=O)c3ccccc3)[C@H](OC(=O)c3ccccc3)[C@@H](CP(=O)(O)O)O[C@@H]2COC(=O)c2ccccc2)[C@H](OC(=O)c2ccccc2)[C@@H](OC(=O)c2ccccc2)[C@H]1OC(=O)c1ccccc1. The molecule has 2 aliphatic heterocycles.